The van der Waals surface area contributed by atoms with E-state index in [-0.39, 0.29) is 29.9 Å². The van der Waals surface area contributed by atoms with Crippen LogP contribution in [0, 0.1) is 5.92 Å². The highest BCUT2D eigenvalue weighted by molar-refractivity contribution is 5.79. The molecule has 1 aromatic carbocycles. The van der Waals surface area contributed by atoms with E-state index < -0.39 is 0 Å². The molecule has 1 saturated heterocycles. The molecule has 1 fully saturated rings. The Morgan fingerprint density at radius 1 is 1.25 bits per heavy atom. The summed E-state index contributed by atoms with van der Waals surface area (Å²) in [6.45, 7) is 5.12. The second-order valence-electron chi connectivity index (χ2n) is 7.63. The highest BCUT2D eigenvalue weighted by Crippen LogP contribution is 2.22. The largest absolute Gasteiger partial charge is 0.352 e. The van der Waals surface area contributed by atoms with Crippen LogP contribution in [-0.4, -0.2) is 34.4 Å². The van der Waals surface area contributed by atoms with Gasteiger partial charge in [-0.25, -0.2) is 4.79 Å². The molecule has 2 atom stereocenters. The third kappa shape index (κ3) is 5.31. The highest BCUT2D eigenvalue weighted by atomic mass is 16.2. The number of nitrogens with zero attached hydrogens (tertiary/aromatic N) is 2. The summed E-state index contributed by atoms with van der Waals surface area (Å²) in [6.07, 6.45) is 4.76. The summed E-state index contributed by atoms with van der Waals surface area (Å²) >= 11 is 0. The van der Waals surface area contributed by atoms with Gasteiger partial charge < -0.3 is 15.5 Å². The summed E-state index contributed by atoms with van der Waals surface area (Å²) < 4.78 is 0. The molecule has 6 nitrogen and oxygen atoms in total. The molecule has 2 aromatic rings. The molecule has 0 radical (unpaired) electrons. The predicted octanol–water partition coefficient (Wildman–Crippen LogP) is 3.27. The van der Waals surface area contributed by atoms with Crippen LogP contribution in [0.25, 0.3) is 0 Å². The SMILES string of the molecule is CC(C)C(NC(=O)N(Cc1cccnc1)C[C@@H]1CCC(=O)N1)c1ccccc1. The van der Waals surface area contributed by atoms with Gasteiger partial charge in [-0.15, -0.1) is 0 Å². The molecule has 1 aliphatic heterocycles. The normalized spacial score (nSPS) is 17.2. The predicted molar refractivity (Wildman–Crippen MR) is 108 cm³/mol. The molecular weight excluding hydrogens is 352 g/mol. The van der Waals surface area contributed by atoms with Gasteiger partial charge in [0.25, 0.3) is 0 Å². The Hall–Kier alpha value is -2.89. The van der Waals surface area contributed by atoms with E-state index in [0.717, 1.165) is 17.5 Å². The average Bonchev–Trinajstić information content (AvgIpc) is 3.11. The zero-order valence-electron chi connectivity index (χ0n) is 16.5. The van der Waals surface area contributed by atoms with Crippen LogP contribution in [0.2, 0.25) is 0 Å². The number of aromatic nitrogens is 1. The van der Waals surface area contributed by atoms with Crippen LogP contribution in [-0.2, 0) is 11.3 Å². The van der Waals surface area contributed by atoms with Gasteiger partial charge in [-0.2, -0.15) is 0 Å². The second kappa shape index (κ2) is 9.35. The second-order valence-corrected chi connectivity index (χ2v) is 7.63. The first-order valence-corrected chi connectivity index (χ1v) is 9.81. The van der Waals surface area contributed by atoms with Gasteiger partial charge in [0.1, 0.15) is 0 Å². The highest BCUT2D eigenvalue weighted by Gasteiger charge is 2.27. The standard InChI is InChI=1S/C22H28N4O2/c1-16(2)21(18-8-4-3-5-9-18)25-22(28)26(14-17-7-6-12-23-13-17)15-19-10-11-20(27)24-19/h3-9,12-13,16,19,21H,10-11,14-15H2,1-2H3,(H,24,27)(H,25,28)/t19-,21?/m0/s1. The summed E-state index contributed by atoms with van der Waals surface area (Å²) in [5.74, 6) is 0.300. The van der Waals surface area contributed by atoms with Gasteiger partial charge >= 0.3 is 6.03 Å². The third-order valence-electron chi connectivity index (χ3n) is 5.01. The van der Waals surface area contributed by atoms with Crippen LogP contribution < -0.4 is 10.6 Å². The molecule has 3 rings (SSSR count). The Morgan fingerprint density at radius 2 is 2.04 bits per heavy atom. The van der Waals surface area contributed by atoms with Gasteiger partial charge in [-0.3, -0.25) is 9.78 Å². The smallest absolute Gasteiger partial charge is 0.318 e. The number of benzene rings is 1. The molecule has 28 heavy (non-hydrogen) atoms. The minimum atomic E-state index is -0.132. The van der Waals surface area contributed by atoms with Crippen molar-refractivity contribution in [2.24, 2.45) is 5.92 Å². The number of amides is 3. The van der Waals surface area contributed by atoms with Gasteiger partial charge in [-0.1, -0.05) is 50.2 Å². The number of carbonyl (C=O) groups is 2. The van der Waals surface area contributed by atoms with Crippen molar-refractivity contribution in [2.75, 3.05) is 6.54 Å². The number of pyridine rings is 1. The van der Waals surface area contributed by atoms with E-state index >= 15 is 0 Å². The molecule has 2 N–H and O–H groups in total. The van der Waals surface area contributed by atoms with Gasteiger partial charge in [0, 0.05) is 37.9 Å². The molecule has 2 heterocycles. The first kappa shape index (κ1) is 19.9. The van der Waals surface area contributed by atoms with Crippen molar-refractivity contribution in [3.05, 3.63) is 66.0 Å². The number of urea groups is 1. The van der Waals surface area contributed by atoms with Crippen molar-refractivity contribution in [3.8, 4) is 0 Å². The molecule has 148 valence electrons. The van der Waals surface area contributed by atoms with E-state index in [1.165, 1.54) is 0 Å². The van der Waals surface area contributed by atoms with E-state index in [2.05, 4.69) is 29.5 Å². The average molecular weight is 380 g/mol. The minimum absolute atomic E-state index is 0.0100. The number of rotatable bonds is 7. The maximum Gasteiger partial charge on any atom is 0.318 e. The molecule has 3 amide bonds. The summed E-state index contributed by atoms with van der Waals surface area (Å²) in [5, 5.41) is 6.15. The lowest BCUT2D eigenvalue weighted by atomic mass is 9.96. The summed E-state index contributed by atoms with van der Waals surface area (Å²) in [6, 6.07) is 13.6. The molecule has 1 aromatic heterocycles. The minimum Gasteiger partial charge on any atom is -0.352 e. The Balaban J connectivity index is 1.75. The van der Waals surface area contributed by atoms with Crippen LogP contribution in [0.15, 0.2) is 54.9 Å². The molecule has 0 bridgehead atoms. The lowest BCUT2D eigenvalue weighted by molar-refractivity contribution is -0.119. The zero-order valence-corrected chi connectivity index (χ0v) is 16.5. The molecule has 1 aliphatic rings. The van der Waals surface area contributed by atoms with E-state index in [9.17, 15) is 9.59 Å². The van der Waals surface area contributed by atoms with Crippen LogP contribution >= 0.6 is 0 Å². The fraction of sp³-hybridized carbons (Fsp3) is 0.409. The summed E-state index contributed by atoms with van der Waals surface area (Å²) in [5.41, 5.74) is 2.05. The lowest BCUT2D eigenvalue weighted by Crippen LogP contribution is -2.47. The molecule has 6 heteroatoms. The molecule has 0 aliphatic carbocycles. The first-order valence-electron chi connectivity index (χ1n) is 9.81. The Kier molecular flexibility index (Phi) is 6.63. The monoisotopic (exact) mass is 380 g/mol. The van der Waals surface area contributed by atoms with E-state index in [1.807, 2.05) is 42.5 Å². The van der Waals surface area contributed by atoms with E-state index in [0.29, 0.717) is 19.5 Å². The van der Waals surface area contributed by atoms with Crippen LogP contribution in [0.5, 0.6) is 0 Å². The maximum atomic E-state index is 13.2. The fourth-order valence-corrected chi connectivity index (χ4v) is 3.53. The fourth-order valence-electron chi connectivity index (χ4n) is 3.53. The maximum absolute atomic E-state index is 13.2. The van der Waals surface area contributed by atoms with Gasteiger partial charge in [-0.05, 0) is 29.5 Å². The van der Waals surface area contributed by atoms with Crippen molar-refractivity contribution in [2.45, 2.75) is 45.3 Å². The van der Waals surface area contributed by atoms with Crippen molar-refractivity contribution in [3.63, 3.8) is 0 Å². The van der Waals surface area contributed by atoms with Crippen molar-refractivity contribution >= 4 is 11.9 Å². The van der Waals surface area contributed by atoms with Crippen LogP contribution in [0.4, 0.5) is 4.79 Å². The molecule has 1 unspecified atom stereocenters. The quantitative estimate of drug-likeness (QED) is 0.774. The first-order chi connectivity index (χ1) is 13.5. The third-order valence-corrected chi connectivity index (χ3v) is 5.01. The number of hydrogen-bond donors (Lipinski definition) is 2. The van der Waals surface area contributed by atoms with Gasteiger partial charge in [0.2, 0.25) is 5.91 Å². The molecule has 0 spiro atoms. The summed E-state index contributed by atoms with van der Waals surface area (Å²) in [4.78, 5) is 30.7. The molecular formula is C22H28N4O2. The zero-order chi connectivity index (χ0) is 19.9. The van der Waals surface area contributed by atoms with Gasteiger partial charge in [0.05, 0.1) is 6.04 Å². The topological polar surface area (TPSA) is 74.3 Å². The van der Waals surface area contributed by atoms with Gasteiger partial charge in [0.15, 0.2) is 0 Å². The number of nitrogens with one attached hydrogen (secondary N) is 2. The molecule has 0 saturated carbocycles. The Bertz CT molecular complexity index is 780. The van der Waals surface area contributed by atoms with Crippen LogP contribution in [0.1, 0.15) is 43.9 Å². The van der Waals surface area contributed by atoms with E-state index in [1.54, 1.807) is 17.3 Å². The Labute approximate surface area is 166 Å². The van der Waals surface area contributed by atoms with Crippen molar-refractivity contribution in [1.82, 2.24) is 20.5 Å². The van der Waals surface area contributed by atoms with Crippen molar-refractivity contribution < 1.29 is 9.59 Å². The lowest BCUT2D eigenvalue weighted by Gasteiger charge is -2.30. The summed E-state index contributed by atoms with van der Waals surface area (Å²) in [7, 11) is 0. The van der Waals surface area contributed by atoms with Crippen LogP contribution in [0.3, 0.4) is 0 Å². The van der Waals surface area contributed by atoms with E-state index in [4.69, 9.17) is 0 Å². The number of hydrogen-bond acceptors (Lipinski definition) is 3. The van der Waals surface area contributed by atoms with Crippen molar-refractivity contribution in [1.29, 1.82) is 0 Å². The number of carbonyl (C=O) groups excluding carboxylic acids is 2. The Morgan fingerprint density at radius 3 is 2.64 bits per heavy atom.